The zero-order valence-electron chi connectivity index (χ0n) is 12.4. The highest BCUT2D eigenvalue weighted by molar-refractivity contribution is 7.12. The van der Waals surface area contributed by atoms with E-state index < -0.39 is 8.32 Å². The Bertz CT molecular complexity index is 368. The van der Waals surface area contributed by atoms with Gasteiger partial charge in [-0.3, -0.25) is 0 Å². The van der Waals surface area contributed by atoms with Crippen molar-refractivity contribution in [2.24, 2.45) is 5.73 Å². The van der Waals surface area contributed by atoms with E-state index in [1.54, 1.807) is 0 Å². The maximum absolute atomic E-state index is 6.19. The van der Waals surface area contributed by atoms with Crippen molar-refractivity contribution in [3.63, 3.8) is 0 Å². The quantitative estimate of drug-likeness (QED) is 0.807. The second kappa shape index (κ2) is 6.33. The van der Waals surface area contributed by atoms with Crippen molar-refractivity contribution < 1.29 is 4.43 Å². The molecule has 1 aromatic heterocycles. The molecule has 18 heavy (non-hydrogen) atoms. The molecule has 4 heteroatoms. The molecule has 0 saturated carbocycles. The average molecular weight is 286 g/mol. The zero-order valence-corrected chi connectivity index (χ0v) is 14.2. The molecule has 0 atom stereocenters. The van der Waals surface area contributed by atoms with Crippen LogP contribution in [0.2, 0.25) is 18.1 Å². The number of nitrogens with two attached hydrogens (primary N) is 1. The Morgan fingerprint density at radius 2 is 1.72 bits per heavy atom. The van der Waals surface area contributed by atoms with Gasteiger partial charge in [-0.15, -0.1) is 11.3 Å². The fourth-order valence-corrected chi connectivity index (χ4v) is 3.52. The molecule has 0 aliphatic carbocycles. The first-order valence-corrected chi connectivity index (χ1v) is 10.4. The highest BCUT2D eigenvalue weighted by atomic mass is 32.1. The first kappa shape index (κ1) is 15.9. The summed E-state index contributed by atoms with van der Waals surface area (Å²) in [5.41, 5.74) is 5.56. The summed E-state index contributed by atoms with van der Waals surface area (Å²) in [4.78, 5) is 2.80. The second-order valence-corrected chi connectivity index (χ2v) is 12.3. The summed E-state index contributed by atoms with van der Waals surface area (Å²) >= 11 is 1.87. The molecule has 0 aliphatic heterocycles. The van der Waals surface area contributed by atoms with Gasteiger partial charge in [-0.05, 0) is 43.2 Å². The summed E-state index contributed by atoms with van der Waals surface area (Å²) in [7, 11) is -1.58. The van der Waals surface area contributed by atoms with Crippen molar-refractivity contribution in [3.05, 3.63) is 21.9 Å². The van der Waals surface area contributed by atoms with Gasteiger partial charge in [0.15, 0.2) is 8.32 Å². The van der Waals surface area contributed by atoms with Gasteiger partial charge in [0.05, 0.1) is 0 Å². The summed E-state index contributed by atoms with van der Waals surface area (Å²) < 4.78 is 6.19. The summed E-state index contributed by atoms with van der Waals surface area (Å²) in [5, 5.41) is 0.299. The lowest BCUT2D eigenvalue weighted by atomic mass is 10.2. The van der Waals surface area contributed by atoms with Crippen molar-refractivity contribution in [1.82, 2.24) is 0 Å². The number of thiophene rings is 1. The van der Waals surface area contributed by atoms with Gasteiger partial charge in [0.2, 0.25) is 0 Å². The van der Waals surface area contributed by atoms with Crippen molar-refractivity contribution in [3.8, 4) is 0 Å². The SMILES string of the molecule is CC(C)(C)[Si](C)(C)OCCc1ccc(CCN)s1. The van der Waals surface area contributed by atoms with Crippen LogP contribution in [0, 0.1) is 0 Å². The highest BCUT2D eigenvalue weighted by Crippen LogP contribution is 2.36. The van der Waals surface area contributed by atoms with E-state index in [-0.39, 0.29) is 0 Å². The van der Waals surface area contributed by atoms with Gasteiger partial charge >= 0.3 is 0 Å². The minimum Gasteiger partial charge on any atom is -0.416 e. The molecule has 2 nitrogen and oxygen atoms in total. The molecule has 0 bridgehead atoms. The van der Waals surface area contributed by atoms with E-state index in [4.69, 9.17) is 10.2 Å². The smallest absolute Gasteiger partial charge is 0.191 e. The Hall–Kier alpha value is -0.163. The predicted octanol–water partition coefficient (Wildman–Crippen LogP) is 3.81. The van der Waals surface area contributed by atoms with Gasteiger partial charge in [0.1, 0.15) is 0 Å². The Morgan fingerprint density at radius 1 is 1.17 bits per heavy atom. The van der Waals surface area contributed by atoms with Crippen LogP contribution in [0.15, 0.2) is 12.1 Å². The molecule has 2 N–H and O–H groups in total. The van der Waals surface area contributed by atoms with Crippen LogP contribution in [0.4, 0.5) is 0 Å². The van der Waals surface area contributed by atoms with Crippen molar-refractivity contribution in [1.29, 1.82) is 0 Å². The molecule has 1 heterocycles. The average Bonchev–Trinajstić information content (AvgIpc) is 2.64. The van der Waals surface area contributed by atoms with Crippen LogP contribution >= 0.6 is 11.3 Å². The zero-order chi connectivity index (χ0) is 13.8. The van der Waals surface area contributed by atoms with Crippen LogP contribution in [0.1, 0.15) is 30.5 Å². The van der Waals surface area contributed by atoms with Gasteiger partial charge in [0, 0.05) is 22.8 Å². The van der Waals surface area contributed by atoms with Crippen LogP contribution in [0.5, 0.6) is 0 Å². The summed E-state index contributed by atoms with van der Waals surface area (Å²) in [6, 6.07) is 4.41. The number of rotatable bonds is 6. The monoisotopic (exact) mass is 285 g/mol. The molecule has 1 rings (SSSR count). The van der Waals surface area contributed by atoms with E-state index in [0.717, 1.165) is 26.0 Å². The van der Waals surface area contributed by atoms with E-state index in [1.807, 2.05) is 11.3 Å². The van der Waals surface area contributed by atoms with Gasteiger partial charge in [-0.1, -0.05) is 20.8 Å². The summed E-state index contributed by atoms with van der Waals surface area (Å²) in [5.74, 6) is 0. The third-order valence-electron chi connectivity index (χ3n) is 3.73. The highest BCUT2D eigenvalue weighted by Gasteiger charge is 2.36. The maximum atomic E-state index is 6.19. The third kappa shape index (κ3) is 4.50. The summed E-state index contributed by atoms with van der Waals surface area (Å²) in [6.07, 6.45) is 2.02. The van der Waals surface area contributed by atoms with Crippen molar-refractivity contribution in [2.75, 3.05) is 13.2 Å². The van der Waals surface area contributed by atoms with E-state index >= 15 is 0 Å². The molecule has 0 saturated heterocycles. The fourth-order valence-electron chi connectivity index (χ4n) is 1.46. The molecule has 0 radical (unpaired) electrons. The summed E-state index contributed by atoms with van der Waals surface area (Å²) in [6.45, 7) is 13.0. The molecule has 0 fully saturated rings. The molecule has 1 aromatic rings. The second-order valence-electron chi connectivity index (χ2n) is 6.27. The third-order valence-corrected chi connectivity index (χ3v) is 9.47. The molecule has 0 unspecified atom stereocenters. The van der Waals surface area contributed by atoms with Crippen molar-refractivity contribution >= 4 is 19.7 Å². The molecule has 0 aliphatic rings. The van der Waals surface area contributed by atoms with Gasteiger partial charge in [-0.2, -0.15) is 0 Å². The topological polar surface area (TPSA) is 35.2 Å². The molecular formula is C14H27NOSSi. The first-order valence-electron chi connectivity index (χ1n) is 6.68. The molecule has 104 valence electrons. The number of hydrogen-bond acceptors (Lipinski definition) is 3. The molecule has 0 amide bonds. The molecule has 0 spiro atoms. The van der Waals surface area contributed by atoms with E-state index in [1.165, 1.54) is 9.75 Å². The fraction of sp³-hybridized carbons (Fsp3) is 0.714. The minimum absolute atomic E-state index is 0.299. The van der Waals surface area contributed by atoms with Crippen LogP contribution in [-0.2, 0) is 17.3 Å². The van der Waals surface area contributed by atoms with Crippen LogP contribution in [-0.4, -0.2) is 21.5 Å². The van der Waals surface area contributed by atoms with Crippen LogP contribution in [0.25, 0.3) is 0 Å². The largest absolute Gasteiger partial charge is 0.416 e. The minimum atomic E-state index is -1.58. The lowest BCUT2D eigenvalue weighted by Gasteiger charge is -2.36. The van der Waals surface area contributed by atoms with Gasteiger partial charge in [-0.25, -0.2) is 0 Å². The lowest BCUT2D eigenvalue weighted by molar-refractivity contribution is 0.293. The van der Waals surface area contributed by atoms with E-state index in [0.29, 0.717) is 5.04 Å². The van der Waals surface area contributed by atoms with E-state index in [9.17, 15) is 0 Å². The van der Waals surface area contributed by atoms with Crippen LogP contribution < -0.4 is 5.73 Å². The van der Waals surface area contributed by atoms with Gasteiger partial charge in [0.25, 0.3) is 0 Å². The van der Waals surface area contributed by atoms with E-state index in [2.05, 4.69) is 46.0 Å². The van der Waals surface area contributed by atoms with Gasteiger partial charge < -0.3 is 10.2 Å². The number of hydrogen-bond donors (Lipinski definition) is 1. The Balaban J connectivity index is 2.41. The predicted molar refractivity (Wildman–Crippen MR) is 83.9 cm³/mol. The normalized spacial score (nSPS) is 13.0. The molecule has 0 aromatic carbocycles. The first-order chi connectivity index (χ1) is 8.26. The Labute approximate surface area is 117 Å². The molecular weight excluding hydrogens is 258 g/mol. The van der Waals surface area contributed by atoms with Crippen molar-refractivity contribution in [2.45, 2.75) is 51.7 Å². The lowest BCUT2D eigenvalue weighted by Crippen LogP contribution is -2.41. The maximum Gasteiger partial charge on any atom is 0.191 e. The Morgan fingerprint density at radius 3 is 2.22 bits per heavy atom. The van der Waals surface area contributed by atoms with Crippen LogP contribution in [0.3, 0.4) is 0 Å². The Kier molecular flexibility index (Phi) is 5.59. The standard InChI is InChI=1S/C14H27NOSSi/c1-14(2,3)18(4,5)16-11-9-13-7-6-12(17-13)8-10-15/h6-7H,8-11,15H2,1-5H3.